The fraction of sp³-hybridized carbons (Fsp3) is 0.368. The van der Waals surface area contributed by atoms with Crippen molar-refractivity contribution in [3.8, 4) is 11.1 Å². The molecule has 3 heteroatoms. The predicted molar refractivity (Wildman–Crippen MR) is 90.8 cm³/mol. The van der Waals surface area contributed by atoms with Gasteiger partial charge in [-0.3, -0.25) is 4.90 Å². The van der Waals surface area contributed by atoms with Crippen LogP contribution < -0.4 is 5.73 Å². The largest absolute Gasteiger partial charge is 0.379 e. The van der Waals surface area contributed by atoms with E-state index in [4.69, 9.17) is 10.5 Å². The van der Waals surface area contributed by atoms with Crippen LogP contribution in [0.5, 0.6) is 0 Å². The van der Waals surface area contributed by atoms with Crippen LogP contribution in [-0.2, 0) is 4.74 Å². The molecule has 2 aromatic carbocycles. The first-order valence-corrected chi connectivity index (χ1v) is 7.96. The van der Waals surface area contributed by atoms with Crippen molar-refractivity contribution in [3.63, 3.8) is 0 Å². The molecule has 0 unspecified atom stereocenters. The molecule has 0 spiro atoms. The van der Waals surface area contributed by atoms with Crippen molar-refractivity contribution in [1.82, 2.24) is 4.90 Å². The summed E-state index contributed by atoms with van der Waals surface area (Å²) in [5.74, 6) is 0. The molecule has 1 aliphatic rings. The summed E-state index contributed by atoms with van der Waals surface area (Å²) < 4.78 is 5.38. The first-order chi connectivity index (χ1) is 10.7. The van der Waals surface area contributed by atoms with Gasteiger partial charge >= 0.3 is 0 Å². The standard InChI is InChI=1S/C19H24N2O/c1-15-4-2-3-5-18(15)16-6-8-17(9-7-16)19(20)14-21-10-12-22-13-11-21/h2-9,19H,10-14,20H2,1H3/t19-/m0/s1. The van der Waals surface area contributed by atoms with Crippen LogP contribution in [0.1, 0.15) is 17.2 Å². The average Bonchev–Trinajstić information content (AvgIpc) is 2.56. The summed E-state index contributed by atoms with van der Waals surface area (Å²) in [4.78, 5) is 2.38. The molecular formula is C19H24N2O. The SMILES string of the molecule is Cc1ccccc1-c1ccc([C@@H](N)CN2CCOCC2)cc1. The van der Waals surface area contributed by atoms with Gasteiger partial charge in [-0.1, -0.05) is 48.5 Å². The Morgan fingerprint density at radius 3 is 2.41 bits per heavy atom. The topological polar surface area (TPSA) is 38.5 Å². The minimum absolute atomic E-state index is 0.0593. The van der Waals surface area contributed by atoms with Crippen LogP contribution in [-0.4, -0.2) is 37.7 Å². The van der Waals surface area contributed by atoms with Crippen molar-refractivity contribution < 1.29 is 4.74 Å². The summed E-state index contributed by atoms with van der Waals surface area (Å²) in [5.41, 5.74) is 11.4. The zero-order valence-electron chi connectivity index (χ0n) is 13.2. The highest BCUT2D eigenvalue weighted by Gasteiger charge is 2.15. The number of nitrogens with two attached hydrogens (primary N) is 1. The molecule has 116 valence electrons. The average molecular weight is 296 g/mol. The molecule has 3 rings (SSSR count). The number of morpholine rings is 1. The Morgan fingerprint density at radius 2 is 1.73 bits per heavy atom. The van der Waals surface area contributed by atoms with Gasteiger partial charge in [-0.05, 0) is 29.2 Å². The van der Waals surface area contributed by atoms with Crippen LogP contribution in [0.4, 0.5) is 0 Å². The van der Waals surface area contributed by atoms with Crippen LogP contribution in [0.3, 0.4) is 0 Å². The Balaban J connectivity index is 1.69. The summed E-state index contributed by atoms with van der Waals surface area (Å²) in [5, 5.41) is 0. The van der Waals surface area contributed by atoms with Crippen molar-refractivity contribution in [2.75, 3.05) is 32.8 Å². The number of benzene rings is 2. The number of aryl methyl sites for hydroxylation is 1. The van der Waals surface area contributed by atoms with E-state index < -0.39 is 0 Å². The van der Waals surface area contributed by atoms with E-state index in [9.17, 15) is 0 Å². The van der Waals surface area contributed by atoms with Crippen molar-refractivity contribution >= 4 is 0 Å². The zero-order chi connectivity index (χ0) is 15.4. The Bertz CT molecular complexity index is 603. The fourth-order valence-electron chi connectivity index (χ4n) is 2.97. The summed E-state index contributed by atoms with van der Waals surface area (Å²) in [6.07, 6.45) is 0. The first-order valence-electron chi connectivity index (χ1n) is 7.96. The molecule has 1 heterocycles. The highest BCUT2D eigenvalue weighted by atomic mass is 16.5. The predicted octanol–water partition coefficient (Wildman–Crippen LogP) is 2.99. The Hall–Kier alpha value is -1.68. The molecule has 0 saturated carbocycles. The highest BCUT2D eigenvalue weighted by Crippen LogP contribution is 2.24. The molecule has 2 N–H and O–H groups in total. The monoisotopic (exact) mass is 296 g/mol. The Morgan fingerprint density at radius 1 is 1.05 bits per heavy atom. The minimum atomic E-state index is 0.0593. The van der Waals surface area contributed by atoms with Gasteiger partial charge in [0.05, 0.1) is 13.2 Å². The molecule has 1 aliphatic heterocycles. The lowest BCUT2D eigenvalue weighted by Crippen LogP contribution is -2.40. The van der Waals surface area contributed by atoms with E-state index >= 15 is 0 Å². The van der Waals surface area contributed by atoms with E-state index in [2.05, 4.69) is 60.4 Å². The lowest BCUT2D eigenvalue weighted by molar-refractivity contribution is 0.0352. The fourth-order valence-corrected chi connectivity index (χ4v) is 2.97. The van der Waals surface area contributed by atoms with Crippen LogP contribution in [0, 0.1) is 6.92 Å². The van der Waals surface area contributed by atoms with Crippen molar-refractivity contribution in [2.45, 2.75) is 13.0 Å². The maximum Gasteiger partial charge on any atom is 0.0594 e. The number of hydrogen-bond acceptors (Lipinski definition) is 3. The number of ether oxygens (including phenoxy) is 1. The molecule has 1 fully saturated rings. The third-order valence-corrected chi connectivity index (χ3v) is 4.35. The number of nitrogens with zero attached hydrogens (tertiary/aromatic N) is 1. The van der Waals surface area contributed by atoms with Gasteiger partial charge in [0, 0.05) is 25.7 Å². The summed E-state index contributed by atoms with van der Waals surface area (Å²) in [6, 6.07) is 17.2. The molecule has 0 aliphatic carbocycles. The number of rotatable bonds is 4. The maximum absolute atomic E-state index is 6.36. The van der Waals surface area contributed by atoms with Gasteiger partial charge in [0.1, 0.15) is 0 Å². The van der Waals surface area contributed by atoms with Gasteiger partial charge in [-0.2, -0.15) is 0 Å². The quantitative estimate of drug-likeness (QED) is 0.942. The molecule has 3 nitrogen and oxygen atoms in total. The molecule has 1 saturated heterocycles. The number of hydrogen-bond donors (Lipinski definition) is 1. The van der Waals surface area contributed by atoms with Gasteiger partial charge < -0.3 is 10.5 Å². The third-order valence-electron chi connectivity index (χ3n) is 4.35. The van der Waals surface area contributed by atoms with Crippen LogP contribution in [0.15, 0.2) is 48.5 Å². The normalized spacial score (nSPS) is 17.4. The molecular weight excluding hydrogens is 272 g/mol. The molecule has 0 amide bonds. The Kier molecular flexibility index (Phi) is 4.88. The first kappa shape index (κ1) is 15.2. The summed E-state index contributed by atoms with van der Waals surface area (Å²) >= 11 is 0. The van der Waals surface area contributed by atoms with E-state index in [0.29, 0.717) is 0 Å². The molecule has 1 atom stereocenters. The molecule has 22 heavy (non-hydrogen) atoms. The summed E-state index contributed by atoms with van der Waals surface area (Å²) in [7, 11) is 0. The smallest absolute Gasteiger partial charge is 0.0594 e. The van der Waals surface area contributed by atoms with Gasteiger partial charge in [-0.25, -0.2) is 0 Å². The van der Waals surface area contributed by atoms with Gasteiger partial charge in [0.15, 0.2) is 0 Å². The second-order valence-corrected chi connectivity index (χ2v) is 5.96. The van der Waals surface area contributed by atoms with E-state index in [-0.39, 0.29) is 6.04 Å². The minimum Gasteiger partial charge on any atom is -0.379 e. The second kappa shape index (κ2) is 7.05. The second-order valence-electron chi connectivity index (χ2n) is 5.96. The van der Waals surface area contributed by atoms with E-state index in [1.165, 1.54) is 22.3 Å². The lowest BCUT2D eigenvalue weighted by atomic mass is 9.98. The van der Waals surface area contributed by atoms with E-state index in [1.807, 2.05) is 0 Å². The van der Waals surface area contributed by atoms with Crippen molar-refractivity contribution in [2.24, 2.45) is 5.73 Å². The Labute approximate surface area is 132 Å². The third kappa shape index (κ3) is 3.55. The summed E-state index contributed by atoms with van der Waals surface area (Å²) in [6.45, 7) is 6.64. The van der Waals surface area contributed by atoms with Crippen molar-refractivity contribution in [3.05, 3.63) is 59.7 Å². The van der Waals surface area contributed by atoms with Crippen LogP contribution in [0.2, 0.25) is 0 Å². The van der Waals surface area contributed by atoms with Crippen molar-refractivity contribution in [1.29, 1.82) is 0 Å². The maximum atomic E-state index is 6.36. The van der Waals surface area contributed by atoms with E-state index in [1.54, 1.807) is 0 Å². The lowest BCUT2D eigenvalue weighted by Gasteiger charge is -2.29. The zero-order valence-corrected chi connectivity index (χ0v) is 13.2. The molecule has 0 bridgehead atoms. The molecule has 2 aromatic rings. The van der Waals surface area contributed by atoms with Gasteiger partial charge in [0.2, 0.25) is 0 Å². The highest BCUT2D eigenvalue weighted by molar-refractivity contribution is 5.67. The molecule has 0 radical (unpaired) electrons. The van der Waals surface area contributed by atoms with Crippen LogP contribution >= 0.6 is 0 Å². The molecule has 0 aromatic heterocycles. The van der Waals surface area contributed by atoms with Crippen LogP contribution in [0.25, 0.3) is 11.1 Å². The van der Waals surface area contributed by atoms with E-state index in [0.717, 1.165) is 32.8 Å². The van der Waals surface area contributed by atoms with Gasteiger partial charge in [-0.15, -0.1) is 0 Å². The van der Waals surface area contributed by atoms with Gasteiger partial charge in [0.25, 0.3) is 0 Å².